The summed E-state index contributed by atoms with van der Waals surface area (Å²) in [6.07, 6.45) is 0. The van der Waals surface area contributed by atoms with Crippen LogP contribution in [0.1, 0.15) is 11.3 Å². The molecule has 1 saturated heterocycles. The molecule has 0 amide bonds. The highest BCUT2D eigenvalue weighted by molar-refractivity contribution is 9.10. The molecule has 116 valence electrons. The zero-order valence-corrected chi connectivity index (χ0v) is 14.4. The molecule has 0 bridgehead atoms. The van der Waals surface area contributed by atoms with Gasteiger partial charge in [-0.25, -0.2) is 4.98 Å². The SMILES string of the molecule is Cc1cc(Nc2ccc(Br)cc2C)nc(N2CCOCC2)n1. The Morgan fingerprint density at radius 3 is 2.64 bits per heavy atom. The van der Waals surface area contributed by atoms with Gasteiger partial charge in [0.15, 0.2) is 0 Å². The molecule has 1 aliphatic rings. The molecule has 0 unspecified atom stereocenters. The number of halogens is 1. The number of aryl methyl sites for hydroxylation is 2. The molecule has 1 N–H and O–H groups in total. The fourth-order valence-electron chi connectivity index (χ4n) is 2.43. The molecule has 5 nitrogen and oxygen atoms in total. The van der Waals surface area contributed by atoms with E-state index in [0.717, 1.165) is 53.9 Å². The first-order chi connectivity index (χ1) is 10.6. The lowest BCUT2D eigenvalue weighted by molar-refractivity contribution is 0.122. The number of anilines is 3. The Bertz CT molecular complexity index is 671. The van der Waals surface area contributed by atoms with E-state index in [1.807, 2.05) is 25.1 Å². The minimum Gasteiger partial charge on any atom is -0.378 e. The van der Waals surface area contributed by atoms with E-state index in [2.05, 4.69) is 49.1 Å². The van der Waals surface area contributed by atoms with Crippen LogP contribution in [-0.4, -0.2) is 36.3 Å². The first-order valence-corrected chi connectivity index (χ1v) is 8.13. The Kier molecular flexibility index (Phi) is 4.59. The Labute approximate surface area is 138 Å². The molecule has 0 aliphatic carbocycles. The largest absolute Gasteiger partial charge is 0.378 e. The van der Waals surface area contributed by atoms with Crippen LogP contribution in [0.3, 0.4) is 0 Å². The minimum atomic E-state index is 0.728. The van der Waals surface area contributed by atoms with Gasteiger partial charge in [0.05, 0.1) is 13.2 Å². The van der Waals surface area contributed by atoms with Crippen molar-refractivity contribution >= 4 is 33.4 Å². The molecule has 6 heteroatoms. The number of hydrogen-bond acceptors (Lipinski definition) is 5. The van der Waals surface area contributed by atoms with Crippen molar-refractivity contribution in [3.05, 3.63) is 40.0 Å². The Morgan fingerprint density at radius 2 is 1.91 bits per heavy atom. The maximum atomic E-state index is 5.39. The highest BCUT2D eigenvalue weighted by Crippen LogP contribution is 2.24. The third-order valence-electron chi connectivity index (χ3n) is 3.59. The van der Waals surface area contributed by atoms with E-state index >= 15 is 0 Å². The smallest absolute Gasteiger partial charge is 0.227 e. The lowest BCUT2D eigenvalue weighted by Crippen LogP contribution is -2.37. The average molecular weight is 363 g/mol. The fraction of sp³-hybridized carbons (Fsp3) is 0.375. The number of ether oxygens (including phenoxy) is 1. The molecule has 1 fully saturated rings. The summed E-state index contributed by atoms with van der Waals surface area (Å²) in [4.78, 5) is 11.4. The fourth-order valence-corrected chi connectivity index (χ4v) is 2.90. The van der Waals surface area contributed by atoms with Crippen LogP contribution in [0.15, 0.2) is 28.7 Å². The summed E-state index contributed by atoms with van der Waals surface area (Å²) in [6.45, 7) is 7.19. The highest BCUT2D eigenvalue weighted by atomic mass is 79.9. The van der Waals surface area contributed by atoms with Crippen molar-refractivity contribution in [2.45, 2.75) is 13.8 Å². The van der Waals surface area contributed by atoms with Crippen LogP contribution in [0, 0.1) is 13.8 Å². The predicted molar refractivity (Wildman–Crippen MR) is 92.0 cm³/mol. The van der Waals surface area contributed by atoms with Crippen LogP contribution in [0.5, 0.6) is 0 Å². The summed E-state index contributed by atoms with van der Waals surface area (Å²) in [5, 5.41) is 3.39. The predicted octanol–water partition coefficient (Wildman–Crippen LogP) is 3.44. The van der Waals surface area contributed by atoms with Crippen molar-refractivity contribution < 1.29 is 4.74 Å². The van der Waals surface area contributed by atoms with Gasteiger partial charge in [-0.2, -0.15) is 4.98 Å². The second-order valence-corrected chi connectivity index (χ2v) is 6.29. The van der Waals surface area contributed by atoms with E-state index in [9.17, 15) is 0 Å². The summed E-state index contributed by atoms with van der Waals surface area (Å²) in [6, 6.07) is 8.11. The minimum absolute atomic E-state index is 0.728. The van der Waals surface area contributed by atoms with Gasteiger partial charge in [0, 0.05) is 35.0 Å². The van der Waals surface area contributed by atoms with E-state index < -0.39 is 0 Å². The summed E-state index contributed by atoms with van der Waals surface area (Å²) in [5.74, 6) is 1.58. The normalized spacial score (nSPS) is 15.0. The van der Waals surface area contributed by atoms with Crippen LogP contribution in [0.25, 0.3) is 0 Å². The van der Waals surface area contributed by atoms with Gasteiger partial charge in [0.2, 0.25) is 5.95 Å². The second-order valence-electron chi connectivity index (χ2n) is 5.38. The van der Waals surface area contributed by atoms with Gasteiger partial charge in [-0.1, -0.05) is 15.9 Å². The summed E-state index contributed by atoms with van der Waals surface area (Å²) < 4.78 is 6.46. The number of benzene rings is 1. The van der Waals surface area contributed by atoms with Crippen LogP contribution >= 0.6 is 15.9 Å². The number of rotatable bonds is 3. The summed E-state index contributed by atoms with van der Waals surface area (Å²) in [7, 11) is 0. The van der Waals surface area contributed by atoms with Gasteiger partial charge in [-0.15, -0.1) is 0 Å². The van der Waals surface area contributed by atoms with Gasteiger partial charge >= 0.3 is 0 Å². The van der Waals surface area contributed by atoms with Gasteiger partial charge in [0.25, 0.3) is 0 Å². The van der Waals surface area contributed by atoms with Gasteiger partial charge in [0.1, 0.15) is 5.82 Å². The molecule has 0 saturated carbocycles. The quantitative estimate of drug-likeness (QED) is 0.906. The van der Waals surface area contributed by atoms with Crippen LogP contribution < -0.4 is 10.2 Å². The van der Waals surface area contributed by atoms with Gasteiger partial charge < -0.3 is 15.0 Å². The second kappa shape index (κ2) is 6.62. The van der Waals surface area contributed by atoms with E-state index in [4.69, 9.17) is 4.74 Å². The monoisotopic (exact) mass is 362 g/mol. The van der Waals surface area contributed by atoms with E-state index in [0.29, 0.717) is 0 Å². The summed E-state index contributed by atoms with van der Waals surface area (Å²) >= 11 is 3.49. The average Bonchev–Trinajstić information content (AvgIpc) is 2.50. The van der Waals surface area contributed by atoms with Crippen molar-refractivity contribution in [2.24, 2.45) is 0 Å². The van der Waals surface area contributed by atoms with Crippen molar-refractivity contribution in [3.8, 4) is 0 Å². The highest BCUT2D eigenvalue weighted by Gasteiger charge is 2.15. The van der Waals surface area contributed by atoms with Gasteiger partial charge in [-0.3, -0.25) is 0 Å². The van der Waals surface area contributed by atoms with E-state index in [-0.39, 0.29) is 0 Å². The zero-order chi connectivity index (χ0) is 15.5. The van der Waals surface area contributed by atoms with Crippen LogP contribution in [0.4, 0.5) is 17.5 Å². The molecule has 0 spiro atoms. The van der Waals surface area contributed by atoms with Crippen molar-refractivity contribution in [1.29, 1.82) is 0 Å². The molecular weight excluding hydrogens is 344 g/mol. The van der Waals surface area contributed by atoms with Crippen LogP contribution in [-0.2, 0) is 4.74 Å². The molecule has 3 rings (SSSR count). The molecule has 0 atom stereocenters. The van der Waals surface area contributed by atoms with E-state index in [1.54, 1.807) is 0 Å². The number of nitrogens with zero attached hydrogens (tertiary/aromatic N) is 3. The molecule has 22 heavy (non-hydrogen) atoms. The third-order valence-corrected chi connectivity index (χ3v) is 4.08. The third kappa shape index (κ3) is 3.56. The Balaban J connectivity index is 1.85. The lowest BCUT2D eigenvalue weighted by atomic mass is 10.2. The number of nitrogens with one attached hydrogen (secondary N) is 1. The molecule has 2 aromatic rings. The van der Waals surface area contributed by atoms with Crippen LogP contribution in [0.2, 0.25) is 0 Å². The topological polar surface area (TPSA) is 50.3 Å². The zero-order valence-electron chi connectivity index (χ0n) is 12.8. The molecule has 0 radical (unpaired) electrons. The molecule has 1 aliphatic heterocycles. The van der Waals surface area contributed by atoms with Crippen molar-refractivity contribution in [1.82, 2.24) is 9.97 Å². The molecule has 1 aromatic heterocycles. The maximum Gasteiger partial charge on any atom is 0.227 e. The summed E-state index contributed by atoms with van der Waals surface area (Å²) in [5.41, 5.74) is 3.17. The lowest BCUT2D eigenvalue weighted by Gasteiger charge is -2.27. The number of aromatic nitrogens is 2. The first kappa shape index (κ1) is 15.2. The maximum absolute atomic E-state index is 5.39. The standard InChI is InChI=1S/C16H19BrN4O/c1-11-9-13(17)3-4-14(11)19-15-10-12(2)18-16(20-15)21-5-7-22-8-6-21/h3-4,9-10H,5-8H2,1-2H3,(H,18,19,20). The van der Waals surface area contributed by atoms with Crippen molar-refractivity contribution in [3.63, 3.8) is 0 Å². The molecular formula is C16H19BrN4O. The Hall–Kier alpha value is -1.66. The molecule has 2 heterocycles. The number of morpholine rings is 1. The molecule has 1 aromatic carbocycles. The van der Waals surface area contributed by atoms with Crippen molar-refractivity contribution in [2.75, 3.05) is 36.5 Å². The first-order valence-electron chi connectivity index (χ1n) is 7.33. The van der Waals surface area contributed by atoms with Gasteiger partial charge in [-0.05, 0) is 37.6 Å². The number of hydrogen-bond donors (Lipinski definition) is 1. The Morgan fingerprint density at radius 1 is 1.14 bits per heavy atom. The van der Waals surface area contributed by atoms with E-state index in [1.165, 1.54) is 5.56 Å².